The van der Waals surface area contributed by atoms with E-state index < -0.39 is 0 Å². The second kappa shape index (κ2) is 4.32. The van der Waals surface area contributed by atoms with Crippen molar-refractivity contribution in [3.05, 3.63) is 28.2 Å². The van der Waals surface area contributed by atoms with Crippen LogP contribution < -0.4 is 10.6 Å². The molecule has 0 fully saturated rings. The molecule has 0 unspecified atom stereocenters. The van der Waals surface area contributed by atoms with E-state index in [9.17, 15) is 0 Å². The number of anilines is 1. The fourth-order valence-electron chi connectivity index (χ4n) is 1.33. The fourth-order valence-corrected chi connectivity index (χ4v) is 1.69. The molecule has 0 saturated carbocycles. The van der Waals surface area contributed by atoms with E-state index >= 15 is 0 Å². The highest BCUT2D eigenvalue weighted by Gasteiger charge is 2.08. The van der Waals surface area contributed by atoms with Gasteiger partial charge in [0.2, 0.25) is 0 Å². The van der Waals surface area contributed by atoms with Crippen LogP contribution in [0, 0.1) is 11.3 Å². The van der Waals surface area contributed by atoms with Gasteiger partial charge in [0.15, 0.2) is 5.96 Å². The van der Waals surface area contributed by atoms with Gasteiger partial charge in [-0.1, -0.05) is 15.9 Å². The molecule has 0 spiro atoms. The van der Waals surface area contributed by atoms with Crippen molar-refractivity contribution >= 4 is 27.6 Å². The van der Waals surface area contributed by atoms with Gasteiger partial charge >= 0.3 is 0 Å². The monoisotopic (exact) mass is 264 g/mol. The van der Waals surface area contributed by atoms with Crippen LogP contribution >= 0.6 is 15.9 Å². The van der Waals surface area contributed by atoms with E-state index in [2.05, 4.69) is 37.6 Å². The van der Waals surface area contributed by atoms with Crippen LogP contribution in [-0.2, 0) is 0 Å². The summed E-state index contributed by atoms with van der Waals surface area (Å²) in [6.07, 6.45) is 0. The molecule has 1 aliphatic heterocycles. The number of guanidine groups is 1. The third-order valence-corrected chi connectivity index (χ3v) is 2.52. The molecule has 76 valence electrons. The van der Waals surface area contributed by atoms with Crippen molar-refractivity contribution in [1.82, 2.24) is 5.32 Å². The quantitative estimate of drug-likeness (QED) is 0.812. The molecule has 1 aromatic carbocycles. The van der Waals surface area contributed by atoms with Gasteiger partial charge in [-0.3, -0.25) is 4.99 Å². The number of aliphatic imine (C=N–C) groups is 1. The number of hydrogen-bond donors (Lipinski definition) is 2. The maximum Gasteiger partial charge on any atom is 0.195 e. The molecule has 0 amide bonds. The maximum atomic E-state index is 8.92. The summed E-state index contributed by atoms with van der Waals surface area (Å²) in [5.41, 5.74) is 1.37. The Bertz CT molecular complexity index is 447. The summed E-state index contributed by atoms with van der Waals surface area (Å²) in [6, 6.07) is 7.60. The fraction of sp³-hybridized carbons (Fsp3) is 0.200. The van der Waals surface area contributed by atoms with Gasteiger partial charge in [-0.25, -0.2) is 0 Å². The van der Waals surface area contributed by atoms with Crippen LogP contribution in [0.4, 0.5) is 5.69 Å². The second-order valence-electron chi connectivity index (χ2n) is 3.08. The molecule has 15 heavy (non-hydrogen) atoms. The zero-order valence-corrected chi connectivity index (χ0v) is 9.50. The lowest BCUT2D eigenvalue weighted by Crippen LogP contribution is -2.26. The van der Waals surface area contributed by atoms with Crippen molar-refractivity contribution in [1.29, 1.82) is 5.26 Å². The molecule has 0 aliphatic carbocycles. The van der Waals surface area contributed by atoms with Crippen LogP contribution in [0.25, 0.3) is 0 Å². The number of nitrogens with zero attached hydrogens (tertiary/aromatic N) is 2. The number of halogens is 1. The van der Waals surface area contributed by atoms with E-state index in [1.807, 2.05) is 12.1 Å². The largest absolute Gasteiger partial charge is 0.354 e. The van der Waals surface area contributed by atoms with Gasteiger partial charge in [0.1, 0.15) is 6.07 Å². The maximum absolute atomic E-state index is 8.92. The Balaban J connectivity index is 2.26. The average Bonchev–Trinajstić information content (AvgIpc) is 2.71. The first kappa shape index (κ1) is 9.99. The minimum absolute atomic E-state index is 0.606. The summed E-state index contributed by atoms with van der Waals surface area (Å²) in [7, 11) is 0. The van der Waals surface area contributed by atoms with E-state index in [0.29, 0.717) is 5.56 Å². The normalized spacial score (nSPS) is 14.0. The third-order valence-electron chi connectivity index (χ3n) is 2.03. The molecule has 0 radical (unpaired) electrons. The highest BCUT2D eigenvalue weighted by atomic mass is 79.9. The van der Waals surface area contributed by atoms with Crippen molar-refractivity contribution < 1.29 is 0 Å². The Kier molecular flexibility index (Phi) is 2.88. The lowest BCUT2D eigenvalue weighted by Gasteiger charge is -2.08. The van der Waals surface area contributed by atoms with E-state index in [1.165, 1.54) is 0 Å². The molecule has 2 rings (SSSR count). The number of hydrogen-bond acceptors (Lipinski definition) is 4. The molecule has 5 heteroatoms. The Hall–Kier alpha value is -1.54. The number of nitriles is 1. The standard InChI is InChI=1S/C10H9BrN4/c11-8-2-1-7(6-12)9(5-8)15-10-13-3-4-14-10/h1-2,5H,3-4H2,(H2,13,14,15). The summed E-state index contributed by atoms with van der Waals surface area (Å²) in [5, 5.41) is 15.1. The zero-order valence-electron chi connectivity index (χ0n) is 7.92. The molecule has 4 nitrogen and oxygen atoms in total. The molecule has 0 saturated heterocycles. The van der Waals surface area contributed by atoms with Crippen molar-refractivity contribution in [2.24, 2.45) is 4.99 Å². The number of benzene rings is 1. The van der Waals surface area contributed by atoms with E-state index in [4.69, 9.17) is 5.26 Å². The van der Waals surface area contributed by atoms with E-state index in [1.54, 1.807) is 6.07 Å². The minimum atomic E-state index is 0.606. The molecule has 1 heterocycles. The van der Waals surface area contributed by atoms with Gasteiger partial charge in [-0.05, 0) is 18.2 Å². The highest BCUT2D eigenvalue weighted by molar-refractivity contribution is 9.10. The molecular formula is C10H9BrN4. The van der Waals surface area contributed by atoms with Crippen molar-refractivity contribution in [3.63, 3.8) is 0 Å². The van der Waals surface area contributed by atoms with Gasteiger partial charge in [-0.15, -0.1) is 0 Å². The van der Waals surface area contributed by atoms with Crippen LogP contribution in [0.3, 0.4) is 0 Å². The summed E-state index contributed by atoms with van der Waals surface area (Å²) in [4.78, 5) is 4.21. The molecule has 1 aliphatic rings. The van der Waals surface area contributed by atoms with Crippen molar-refractivity contribution in [2.45, 2.75) is 0 Å². The van der Waals surface area contributed by atoms with Crippen molar-refractivity contribution in [3.8, 4) is 6.07 Å². The minimum Gasteiger partial charge on any atom is -0.354 e. The molecule has 0 aromatic heterocycles. The van der Waals surface area contributed by atoms with Gasteiger partial charge in [0.25, 0.3) is 0 Å². The third kappa shape index (κ3) is 2.28. The first-order valence-corrected chi connectivity index (χ1v) is 5.34. The molecule has 2 N–H and O–H groups in total. The SMILES string of the molecule is N#Cc1ccc(Br)cc1NC1=NCCN1. The molecule has 0 bridgehead atoms. The first-order valence-electron chi connectivity index (χ1n) is 4.54. The van der Waals surface area contributed by atoms with Gasteiger partial charge in [0, 0.05) is 11.0 Å². The lowest BCUT2D eigenvalue weighted by atomic mass is 10.2. The van der Waals surface area contributed by atoms with Crippen LogP contribution in [0.2, 0.25) is 0 Å². The summed E-state index contributed by atoms with van der Waals surface area (Å²) in [5.74, 6) is 0.726. The van der Waals surface area contributed by atoms with Crippen LogP contribution in [-0.4, -0.2) is 19.0 Å². The molecule has 1 aromatic rings. The Morgan fingerprint density at radius 2 is 2.40 bits per heavy atom. The summed E-state index contributed by atoms with van der Waals surface area (Å²) < 4.78 is 0.933. The molecular weight excluding hydrogens is 256 g/mol. The van der Waals surface area contributed by atoms with Gasteiger partial charge in [-0.2, -0.15) is 5.26 Å². The highest BCUT2D eigenvalue weighted by Crippen LogP contribution is 2.20. The Morgan fingerprint density at radius 1 is 1.53 bits per heavy atom. The Morgan fingerprint density at radius 3 is 3.07 bits per heavy atom. The van der Waals surface area contributed by atoms with E-state index in [-0.39, 0.29) is 0 Å². The zero-order chi connectivity index (χ0) is 10.7. The number of rotatable bonds is 1. The van der Waals surface area contributed by atoms with Gasteiger partial charge < -0.3 is 10.6 Å². The van der Waals surface area contributed by atoms with Crippen molar-refractivity contribution in [2.75, 3.05) is 18.4 Å². The molecule has 0 atom stereocenters. The number of nitrogens with one attached hydrogen (secondary N) is 2. The van der Waals surface area contributed by atoms with Crippen LogP contribution in [0.1, 0.15) is 5.56 Å². The second-order valence-corrected chi connectivity index (χ2v) is 4.00. The van der Waals surface area contributed by atoms with Crippen LogP contribution in [0.5, 0.6) is 0 Å². The summed E-state index contributed by atoms with van der Waals surface area (Å²) in [6.45, 7) is 1.62. The topological polar surface area (TPSA) is 60.2 Å². The predicted octanol–water partition coefficient (Wildman–Crippen LogP) is 1.69. The van der Waals surface area contributed by atoms with Crippen LogP contribution in [0.15, 0.2) is 27.7 Å². The average molecular weight is 265 g/mol. The van der Waals surface area contributed by atoms with E-state index in [0.717, 1.165) is 29.2 Å². The first-order chi connectivity index (χ1) is 7.29. The Labute approximate surface area is 96.1 Å². The summed E-state index contributed by atoms with van der Waals surface area (Å²) >= 11 is 3.37. The smallest absolute Gasteiger partial charge is 0.195 e. The lowest BCUT2D eigenvalue weighted by molar-refractivity contribution is 0.959. The predicted molar refractivity (Wildman–Crippen MR) is 62.8 cm³/mol. The van der Waals surface area contributed by atoms with Gasteiger partial charge in [0.05, 0.1) is 17.8 Å².